The molecule has 0 spiro atoms. The van der Waals surface area contributed by atoms with Crippen molar-refractivity contribution in [3.05, 3.63) is 0 Å². The quantitative estimate of drug-likeness (QED) is 0.770. The van der Waals surface area contributed by atoms with E-state index in [4.69, 9.17) is 4.74 Å². The monoisotopic (exact) mass is 245 g/mol. The van der Waals surface area contributed by atoms with Crippen LogP contribution in [0, 0.1) is 5.41 Å². The minimum absolute atomic E-state index is 0.288. The number of hydrogen-bond donors (Lipinski definition) is 1. The number of alkyl carbamates (subject to hydrolysis) is 1. The van der Waals surface area contributed by atoms with E-state index in [-0.39, 0.29) is 5.97 Å². The summed E-state index contributed by atoms with van der Waals surface area (Å²) in [6.07, 6.45) is 0.0250. The zero-order valence-corrected chi connectivity index (χ0v) is 11.5. The average Bonchev–Trinajstić information content (AvgIpc) is 2.13. The molecule has 17 heavy (non-hydrogen) atoms. The molecule has 0 fully saturated rings. The van der Waals surface area contributed by atoms with Gasteiger partial charge in [0.05, 0.1) is 12.5 Å². The van der Waals surface area contributed by atoms with E-state index in [0.717, 1.165) is 0 Å². The van der Waals surface area contributed by atoms with Gasteiger partial charge in [0.1, 0.15) is 5.60 Å². The lowest BCUT2D eigenvalue weighted by molar-refractivity contribution is -0.151. The zero-order chi connectivity index (χ0) is 13.7. The lowest BCUT2D eigenvalue weighted by atomic mass is 9.89. The summed E-state index contributed by atoms with van der Waals surface area (Å²) in [6, 6.07) is 0. The van der Waals surface area contributed by atoms with Crippen molar-refractivity contribution < 1.29 is 19.1 Å². The summed E-state index contributed by atoms with van der Waals surface area (Å²) in [5, 5.41) is 2.61. The van der Waals surface area contributed by atoms with Crippen LogP contribution < -0.4 is 5.32 Å². The van der Waals surface area contributed by atoms with Gasteiger partial charge in [0, 0.05) is 6.54 Å². The van der Waals surface area contributed by atoms with Crippen LogP contribution in [0.25, 0.3) is 0 Å². The van der Waals surface area contributed by atoms with E-state index >= 15 is 0 Å². The Balaban J connectivity index is 4.00. The van der Waals surface area contributed by atoms with Crippen LogP contribution in [0.3, 0.4) is 0 Å². The highest BCUT2D eigenvalue weighted by molar-refractivity contribution is 5.75. The van der Waals surface area contributed by atoms with Crippen LogP contribution in [-0.2, 0) is 14.3 Å². The number of methoxy groups -OCH3 is 1. The van der Waals surface area contributed by atoms with E-state index in [1.165, 1.54) is 7.11 Å². The fraction of sp³-hybridized carbons (Fsp3) is 0.833. The lowest BCUT2D eigenvalue weighted by Crippen LogP contribution is -2.36. The summed E-state index contributed by atoms with van der Waals surface area (Å²) >= 11 is 0. The Morgan fingerprint density at radius 3 is 2.06 bits per heavy atom. The molecule has 0 unspecified atom stereocenters. The van der Waals surface area contributed by atoms with Gasteiger partial charge in [-0.15, -0.1) is 0 Å². The summed E-state index contributed by atoms with van der Waals surface area (Å²) in [5.74, 6) is -0.288. The Hall–Kier alpha value is -1.26. The molecule has 0 saturated carbocycles. The minimum Gasteiger partial charge on any atom is -0.469 e. The van der Waals surface area contributed by atoms with Crippen molar-refractivity contribution >= 4 is 12.1 Å². The van der Waals surface area contributed by atoms with Crippen LogP contribution in [0.5, 0.6) is 0 Å². The zero-order valence-electron chi connectivity index (χ0n) is 11.5. The van der Waals surface area contributed by atoms with Crippen LogP contribution in [0.15, 0.2) is 0 Å². The molecule has 0 aromatic heterocycles. The SMILES string of the molecule is COC(=O)C(C)(C)CCNC(=O)OC(C)(C)C. The standard InChI is InChI=1S/C12H23NO4/c1-11(2,3)17-10(15)13-8-7-12(4,5)9(14)16-6/h7-8H2,1-6H3,(H,13,15). The lowest BCUT2D eigenvalue weighted by Gasteiger charge is -2.23. The molecule has 0 atom stereocenters. The minimum atomic E-state index is -0.607. The van der Waals surface area contributed by atoms with Crippen LogP contribution >= 0.6 is 0 Å². The van der Waals surface area contributed by atoms with Crippen LogP contribution in [0.2, 0.25) is 0 Å². The molecular weight excluding hydrogens is 222 g/mol. The largest absolute Gasteiger partial charge is 0.469 e. The average molecular weight is 245 g/mol. The fourth-order valence-electron chi connectivity index (χ4n) is 1.17. The van der Waals surface area contributed by atoms with Gasteiger partial charge in [0.2, 0.25) is 0 Å². The maximum Gasteiger partial charge on any atom is 0.407 e. The Bertz CT molecular complexity index is 279. The third kappa shape index (κ3) is 6.81. The maximum atomic E-state index is 11.4. The van der Waals surface area contributed by atoms with Crippen molar-refractivity contribution in [1.82, 2.24) is 5.32 Å². The summed E-state index contributed by atoms with van der Waals surface area (Å²) in [4.78, 5) is 22.7. The molecule has 0 aliphatic rings. The van der Waals surface area contributed by atoms with E-state index in [1.54, 1.807) is 34.6 Å². The van der Waals surface area contributed by atoms with E-state index in [2.05, 4.69) is 10.1 Å². The van der Waals surface area contributed by atoms with Gasteiger partial charge < -0.3 is 14.8 Å². The highest BCUT2D eigenvalue weighted by Gasteiger charge is 2.28. The third-order valence-electron chi connectivity index (χ3n) is 2.16. The number of carbonyl (C=O) groups is 2. The van der Waals surface area contributed by atoms with Crippen molar-refractivity contribution in [2.75, 3.05) is 13.7 Å². The second kappa shape index (κ2) is 5.89. The fourth-order valence-corrected chi connectivity index (χ4v) is 1.17. The smallest absolute Gasteiger partial charge is 0.407 e. The maximum absolute atomic E-state index is 11.4. The second-order valence-corrected chi connectivity index (χ2v) is 5.55. The first kappa shape index (κ1) is 15.7. The Morgan fingerprint density at radius 1 is 1.12 bits per heavy atom. The Morgan fingerprint density at radius 2 is 1.65 bits per heavy atom. The van der Waals surface area contributed by atoms with E-state index in [0.29, 0.717) is 13.0 Å². The first-order valence-corrected chi connectivity index (χ1v) is 5.64. The van der Waals surface area contributed by atoms with Crippen LogP contribution in [0.1, 0.15) is 41.0 Å². The molecule has 0 aromatic carbocycles. The number of ether oxygens (including phenoxy) is 2. The molecule has 1 amide bonds. The predicted octanol–water partition coefficient (Wildman–Crippen LogP) is 2.10. The van der Waals surface area contributed by atoms with Crippen LogP contribution in [0.4, 0.5) is 4.79 Å². The van der Waals surface area contributed by atoms with E-state index < -0.39 is 17.1 Å². The molecule has 0 heterocycles. The van der Waals surface area contributed by atoms with Gasteiger partial charge in [-0.05, 0) is 41.0 Å². The Kier molecular flexibility index (Phi) is 5.45. The van der Waals surface area contributed by atoms with Crippen molar-refractivity contribution in [3.63, 3.8) is 0 Å². The molecule has 0 rings (SSSR count). The van der Waals surface area contributed by atoms with Crippen molar-refractivity contribution in [3.8, 4) is 0 Å². The summed E-state index contributed by atoms with van der Waals surface area (Å²) in [7, 11) is 1.35. The molecule has 1 N–H and O–H groups in total. The van der Waals surface area contributed by atoms with Crippen molar-refractivity contribution in [1.29, 1.82) is 0 Å². The van der Waals surface area contributed by atoms with E-state index in [9.17, 15) is 9.59 Å². The van der Waals surface area contributed by atoms with Gasteiger partial charge in [-0.2, -0.15) is 0 Å². The summed E-state index contributed by atoms with van der Waals surface area (Å²) in [6.45, 7) is 9.31. The molecule has 0 aromatic rings. The molecule has 0 bridgehead atoms. The molecule has 5 heteroatoms. The summed E-state index contributed by atoms with van der Waals surface area (Å²) < 4.78 is 9.74. The second-order valence-electron chi connectivity index (χ2n) is 5.55. The van der Waals surface area contributed by atoms with Crippen LogP contribution in [-0.4, -0.2) is 31.3 Å². The number of nitrogens with one attached hydrogen (secondary N) is 1. The van der Waals surface area contributed by atoms with Gasteiger partial charge >= 0.3 is 12.1 Å². The third-order valence-corrected chi connectivity index (χ3v) is 2.16. The van der Waals surface area contributed by atoms with Gasteiger partial charge in [-0.25, -0.2) is 4.79 Å². The first-order valence-electron chi connectivity index (χ1n) is 5.64. The van der Waals surface area contributed by atoms with Gasteiger partial charge in [0.15, 0.2) is 0 Å². The normalized spacial score (nSPS) is 11.9. The predicted molar refractivity (Wildman–Crippen MR) is 64.7 cm³/mol. The molecular formula is C12H23NO4. The highest BCUT2D eigenvalue weighted by Crippen LogP contribution is 2.21. The molecule has 0 saturated heterocycles. The molecule has 0 radical (unpaired) electrons. The summed E-state index contributed by atoms with van der Waals surface area (Å²) in [5.41, 5.74) is -1.12. The molecule has 5 nitrogen and oxygen atoms in total. The van der Waals surface area contributed by atoms with Crippen molar-refractivity contribution in [2.45, 2.75) is 46.6 Å². The number of carbonyl (C=O) groups excluding carboxylic acids is 2. The van der Waals surface area contributed by atoms with Crippen molar-refractivity contribution in [2.24, 2.45) is 5.41 Å². The van der Waals surface area contributed by atoms with Gasteiger partial charge in [-0.1, -0.05) is 0 Å². The van der Waals surface area contributed by atoms with Gasteiger partial charge in [0.25, 0.3) is 0 Å². The molecule has 100 valence electrons. The Labute approximate surface area is 103 Å². The van der Waals surface area contributed by atoms with E-state index in [1.807, 2.05) is 0 Å². The highest BCUT2D eigenvalue weighted by atomic mass is 16.6. The van der Waals surface area contributed by atoms with Gasteiger partial charge in [-0.3, -0.25) is 4.79 Å². The first-order chi connectivity index (χ1) is 7.58. The molecule has 0 aliphatic carbocycles. The number of esters is 1. The molecule has 0 aliphatic heterocycles. The number of amides is 1. The topological polar surface area (TPSA) is 64.6 Å². The number of hydrogen-bond acceptors (Lipinski definition) is 4. The number of rotatable bonds is 4.